The first kappa shape index (κ1) is 32.8. The van der Waals surface area contributed by atoms with Gasteiger partial charge >= 0.3 is 0 Å². The molecule has 4 heterocycles. The van der Waals surface area contributed by atoms with E-state index in [1.165, 1.54) is 0 Å². The number of aliphatic hydroxyl groups is 1. The first-order valence-corrected chi connectivity index (χ1v) is 19.2. The summed E-state index contributed by atoms with van der Waals surface area (Å²) in [5.41, 5.74) is 8.79. The highest BCUT2D eigenvalue weighted by Gasteiger charge is 2.38. The number of nitrogens with one attached hydrogen (secondary N) is 1. The van der Waals surface area contributed by atoms with E-state index < -0.39 is 32.1 Å². The van der Waals surface area contributed by atoms with Crippen LogP contribution in [0.2, 0.25) is 0 Å². The fourth-order valence-electron chi connectivity index (χ4n) is 5.07. The zero-order chi connectivity index (χ0) is 31.2. The number of anilines is 1. The first-order valence-electron chi connectivity index (χ1n) is 14.4. The van der Waals surface area contributed by atoms with Gasteiger partial charge < -0.3 is 29.6 Å². The number of benzene rings is 2. The molecule has 4 N–H and O–H groups in total. The molecule has 1 unspecified atom stereocenters. The van der Waals surface area contributed by atoms with Gasteiger partial charge in [-0.1, -0.05) is 82.3 Å². The molecule has 12 nitrogen and oxygen atoms in total. The molecule has 2 fully saturated rings. The smallest absolute Gasteiger partial charge is 0.295 e. The number of nitrogens with zero attached hydrogens (tertiary/aromatic N) is 4. The van der Waals surface area contributed by atoms with Crippen molar-refractivity contribution in [2.75, 3.05) is 30.2 Å². The van der Waals surface area contributed by atoms with Gasteiger partial charge in [0.15, 0.2) is 5.65 Å². The number of imidazole rings is 1. The van der Waals surface area contributed by atoms with Crippen LogP contribution in [-0.4, -0.2) is 73.5 Å². The van der Waals surface area contributed by atoms with Gasteiger partial charge in [0, 0.05) is 24.5 Å². The predicted molar refractivity (Wildman–Crippen MR) is 178 cm³/mol. The van der Waals surface area contributed by atoms with Gasteiger partial charge in [0.1, 0.15) is 35.3 Å². The second-order valence-electron chi connectivity index (χ2n) is 10.7. The molecule has 6 atom stereocenters. The van der Waals surface area contributed by atoms with Gasteiger partial charge in [-0.3, -0.25) is 9.13 Å². The quantitative estimate of drug-likeness (QED) is 0.0665. The van der Waals surface area contributed by atoms with Crippen LogP contribution in [0.1, 0.15) is 23.8 Å². The second-order valence-corrected chi connectivity index (χ2v) is 15.8. The van der Waals surface area contributed by atoms with Gasteiger partial charge in [-0.25, -0.2) is 15.1 Å². The third-order valence-electron chi connectivity index (χ3n) is 7.42. The van der Waals surface area contributed by atoms with E-state index in [4.69, 9.17) is 24.5 Å². The van der Waals surface area contributed by atoms with Gasteiger partial charge in [0.2, 0.25) is 5.95 Å². The molecule has 6 rings (SSSR count). The fourth-order valence-corrected chi connectivity index (χ4v) is 9.51. The van der Waals surface area contributed by atoms with E-state index in [2.05, 4.69) is 32.7 Å². The Morgan fingerprint density at radius 2 is 1.78 bits per heavy atom. The van der Waals surface area contributed by atoms with Gasteiger partial charge in [-0.05, 0) is 11.1 Å². The van der Waals surface area contributed by atoms with E-state index in [0.29, 0.717) is 40.8 Å². The van der Waals surface area contributed by atoms with Gasteiger partial charge in [0.05, 0.1) is 31.7 Å². The summed E-state index contributed by atoms with van der Waals surface area (Å²) in [7, 11) is -0.153. The molecule has 0 bridgehead atoms. The minimum Gasteiger partial charge on any atom is -0.390 e. The van der Waals surface area contributed by atoms with Crippen molar-refractivity contribution >= 4 is 58.8 Å². The van der Waals surface area contributed by atoms with Crippen molar-refractivity contribution in [1.29, 1.82) is 0 Å². The topological polar surface area (TPSA) is 156 Å². The lowest BCUT2D eigenvalue weighted by molar-refractivity contribution is -0.0573. The maximum Gasteiger partial charge on any atom is 0.295 e. The Morgan fingerprint density at radius 1 is 1.07 bits per heavy atom. The lowest BCUT2D eigenvalue weighted by Gasteiger charge is -2.33. The van der Waals surface area contributed by atoms with Crippen molar-refractivity contribution in [2.24, 2.45) is 0 Å². The normalized spacial score (nSPS) is 25.0. The van der Waals surface area contributed by atoms with E-state index in [-0.39, 0.29) is 31.4 Å². The highest BCUT2D eigenvalue weighted by Crippen LogP contribution is 2.48. The number of fused-ring (bicyclic) bond motifs is 1. The Kier molecular flexibility index (Phi) is 11.0. The summed E-state index contributed by atoms with van der Waals surface area (Å²) in [4.78, 5) is 12.6. The number of ether oxygens (including phenoxy) is 3. The maximum absolute atomic E-state index is 14.3. The number of thiol groups is 1. The third-order valence-corrected chi connectivity index (χ3v) is 11.9. The third kappa shape index (κ3) is 8.41. The predicted octanol–water partition coefficient (Wildman–Crippen LogP) is 4.67. The highest BCUT2D eigenvalue weighted by molar-refractivity contribution is 8.76. The van der Waals surface area contributed by atoms with Crippen molar-refractivity contribution in [3.63, 3.8) is 0 Å². The average molecular weight is 691 g/mol. The molecule has 4 aromatic rings. The number of hydrogen-bond acceptors (Lipinski definition) is 13. The summed E-state index contributed by atoms with van der Waals surface area (Å²) in [5.74, 6) is 1.39. The molecule has 0 amide bonds. The molecule has 0 saturated carbocycles. The summed E-state index contributed by atoms with van der Waals surface area (Å²) in [6, 6.07) is 19.6. The molecule has 0 aliphatic carbocycles. The Labute approximate surface area is 274 Å². The SMILES string of the molecule is Nc1nc(S)c2ncn([C@H]3C[C@H](O)[C@@H](COCP(=O)(NCc4ccccc4)O[C@H]4CSSC[C@@H]4OCc4ccccc4)O3)c2n1. The number of nitrogen functional groups attached to an aromatic ring is 1. The molecular formula is C29H35N6O6PS3. The Bertz CT molecular complexity index is 1610. The summed E-state index contributed by atoms with van der Waals surface area (Å²) < 4.78 is 40.7. The number of aliphatic hydroxyl groups excluding tert-OH is 1. The minimum atomic E-state index is -3.54. The zero-order valence-corrected chi connectivity index (χ0v) is 27.7. The molecule has 45 heavy (non-hydrogen) atoms. The number of hydrogen-bond donors (Lipinski definition) is 4. The molecule has 0 radical (unpaired) electrons. The molecule has 240 valence electrons. The summed E-state index contributed by atoms with van der Waals surface area (Å²) in [6.45, 7) is 0.776. The minimum absolute atomic E-state index is 0.00279. The number of nitrogens with two attached hydrogens (primary N) is 1. The van der Waals surface area contributed by atoms with Crippen LogP contribution in [0.4, 0.5) is 5.95 Å². The van der Waals surface area contributed by atoms with Crippen LogP contribution in [-0.2, 0) is 36.5 Å². The van der Waals surface area contributed by atoms with E-state index in [9.17, 15) is 9.67 Å². The summed E-state index contributed by atoms with van der Waals surface area (Å²) in [6.07, 6.45) is -1.08. The Hall–Kier alpha value is -2.17. The van der Waals surface area contributed by atoms with Crippen LogP contribution < -0.4 is 10.8 Å². The molecule has 2 aliphatic heterocycles. The van der Waals surface area contributed by atoms with Gasteiger partial charge in [0.25, 0.3) is 7.52 Å². The molecule has 2 aliphatic rings. The molecule has 0 spiro atoms. The zero-order valence-electron chi connectivity index (χ0n) is 24.3. The van der Waals surface area contributed by atoms with E-state index in [1.54, 1.807) is 32.5 Å². The van der Waals surface area contributed by atoms with Crippen LogP contribution in [0.15, 0.2) is 72.0 Å². The molecule has 2 aromatic carbocycles. The van der Waals surface area contributed by atoms with Crippen LogP contribution in [0.5, 0.6) is 0 Å². The van der Waals surface area contributed by atoms with E-state index >= 15 is 0 Å². The van der Waals surface area contributed by atoms with Crippen molar-refractivity contribution < 1.29 is 28.4 Å². The molecule has 2 aromatic heterocycles. The summed E-state index contributed by atoms with van der Waals surface area (Å²) in [5, 5.41) is 14.3. The lowest BCUT2D eigenvalue weighted by Crippen LogP contribution is -2.38. The largest absolute Gasteiger partial charge is 0.390 e. The van der Waals surface area contributed by atoms with Crippen molar-refractivity contribution in [3.05, 3.63) is 78.1 Å². The fraction of sp³-hybridized carbons (Fsp3) is 0.414. The first-order chi connectivity index (χ1) is 21.9. The standard InChI is InChI=1S/C29H35N6O6PS3/c30-29-33-27-26(28(43)34-29)31-17-35(27)25-11-21(36)22(40-25)14-38-18-42(37,32-12-19-7-3-1-4-8-19)41-24-16-45-44-15-23(24)39-13-20-9-5-2-6-10-20/h1-10,17,21-25,36H,11-16,18H2,(H,32,37)(H3,30,33,34,43)/t21-,22+,23-,24-,25+,42?/m0/s1. The van der Waals surface area contributed by atoms with Crippen LogP contribution in [0, 0.1) is 0 Å². The number of rotatable bonds is 13. The van der Waals surface area contributed by atoms with Gasteiger partial charge in [-0.2, -0.15) is 4.98 Å². The molecular weight excluding hydrogens is 656 g/mol. The monoisotopic (exact) mass is 690 g/mol. The van der Waals surface area contributed by atoms with Crippen molar-refractivity contribution in [3.8, 4) is 0 Å². The van der Waals surface area contributed by atoms with E-state index in [1.807, 2.05) is 60.7 Å². The average Bonchev–Trinajstić information content (AvgIpc) is 3.64. The van der Waals surface area contributed by atoms with Crippen LogP contribution >= 0.6 is 41.7 Å². The lowest BCUT2D eigenvalue weighted by atomic mass is 10.2. The van der Waals surface area contributed by atoms with Crippen LogP contribution in [0.25, 0.3) is 11.2 Å². The van der Waals surface area contributed by atoms with Crippen LogP contribution in [0.3, 0.4) is 0 Å². The van der Waals surface area contributed by atoms with Gasteiger partial charge in [-0.15, -0.1) is 12.6 Å². The van der Waals surface area contributed by atoms with Crippen molar-refractivity contribution in [2.45, 2.75) is 55.2 Å². The van der Waals surface area contributed by atoms with E-state index in [0.717, 1.165) is 11.1 Å². The number of aromatic nitrogens is 4. The Balaban J connectivity index is 1.10. The second kappa shape index (κ2) is 15.2. The highest BCUT2D eigenvalue weighted by atomic mass is 33.1. The van der Waals surface area contributed by atoms with Crippen molar-refractivity contribution in [1.82, 2.24) is 24.6 Å². The summed E-state index contributed by atoms with van der Waals surface area (Å²) >= 11 is 4.33. The maximum atomic E-state index is 14.3. The molecule has 16 heteroatoms. The Morgan fingerprint density at radius 3 is 2.53 bits per heavy atom. The molecule has 2 saturated heterocycles.